The van der Waals surface area contributed by atoms with E-state index in [4.69, 9.17) is 0 Å². The molecule has 1 rings (SSSR count). The molecule has 5 heteroatoms. The Labute approximate surface area is 105 Å². The number of rotatable bonds is 6. The molecule has 0 aromatic heterocycles. The van der Waals surface area contributed by atoms with Gasteiger partial charge in [-0.15, -0.1) is 0 Å². The van der Waals surface area contributed by atoms with Gasteiger partial charge in [-0.05, 0) is 0 Å². The predicted molar refractivity (Wildman–Crippen MR) is 65.6 cm³/mol. The number of carbonyl (C=O) groups is 2. The number of Topliss-reactive ketones (excluding diaryl/α,β-unsaturated/α-hetero) is 2. The zero-order valence-electron chi connectivity index (χ0n) is 10.3. The average Bonchev–Trinajstić information content (AvgIpc) is 2.29. The van der Waals surface area contributed by atoms with Crippen LogP contribution in [0.4, 0.5) is 0 Å². The lowest BCUT2D eigenvalue weighted by molar-refractivity contribution is -0.538. The molecule has 5 nitrogen and oxygen atoms in total. The Kier molecular flexibility index (Phi) is 4.71. The van der Waals surface area contributed by atoms with E-state index in [9.17, 15) is 19.7 Å². The van der Waals surface area contributed by atoms with Gasteiger partial charge in [-0.3, -0.25) is 19.7 Å². The highest BCUT2D eigenvalue weighted by Gasteiger charge is 2.31. The lowest BCUT2D eigenvalue weighted by Crippen LogP contribution is -2.23. The van der Waals surface area contributed by atoms with Gasteiger partial charge in [0, 0.05) is 29.7 Å². The third-order valence-corrected chi connectivity index (χ3v) is 2.81. The SMILES string of the molecule is CC(=O)C(=O)C[C@H](C)[C@@H](c1ccccc1)[N+](=O)[O-]. The molecule has 18 heavy (non-hydrogen) atoms. The van der Waals surface area contributed by atoms with Gasteiger partial charge in [0.2, 0.25) is 6.04 Å². The van der Waals surface area contributed by atoms with Gasteiger partial charge < -0.3 is 0 Å². The van der Waals surface area contributed by atoms with E-state index in [2.05, 4.69) is 0 Å². The van der Waals surface area contributed by atoms with Crippen LogP contribution in [0, 0.1) is 16.0 Å². The first-order valence-electron chi connectivity index (χ1n) is 5.65. The maximum Gasteiger partial charge on any atom is 0.241 e. The first kappa shape index (κ1) is 14.0. The maximum atomic E-state index is 11.3. The Morgan fingerprint density at radius 2 is 1.83 bits per heavy atom. The van der Waals surface area contributed by atoms with Crippen LogP contribution in [0.2, 0.25) is 0 Å². The van der Waals surface area contributed by atoms with Gasteiger partial charge in [-0.1, -0.05) is 37.3 Å². The number of benzene rings is 1. The van der Waals surface area contributed by atoms with Crippen molar-refractivity contribution in [1.82, 2.24) is 0 Å². The Morgan fingerprint density at radius 3 is 2.28 bits per heavy atom. The molecule has 0 aliphatic rings. The average molecular weight is 249 g/mol. The summed E-state index contributed by atoms with van der Waals surface area (Å²) in [7, 11) is 0. The highest BCUT2D eigenvalue weighted by Crippen LogP contribution is 2.27. The summed E-state index contributed by atoms with van der Waals surface area (Å²) in [6.07, 6.45) is -0.101. The number of hydrogen-bond donors (Lipinski definition) is 0. The Balaban J connectivity index is 2.90. The van der Waals surface area contributed by atoms with Gasteiger partial charge in [0.25, 0.3) is 0 Å². The molecular weight excluding hydrogens is 234 g/mol. The third kappa shape index (κ3) is 3.48. The van der Waals surface area contributed by atoms with Crippen LogP contribution in [0.3, 0.4) is 0 Å². The van der Waals surface area contributed by atoms with E-state index >= 15 is 0 Å². The van der Waals surface area contributed by atoms with Crippen molar-refractivity contribution in [3.8, 4) is 0 Å². The number of nitrogens with zero attached hydrogens (tertiary/aromatic N) is 1. The monoisotopic (exact) mass is 249 g/mol. The minimum Gasteiger partial charge on any atom is -0.291 e. The van der Waals surface area contributed by atoms with Crippen molar-refractivity contribution in [3.63, 3.8) is 0 Å². The molecule has 0 radical (unpaired) electrons. The molecule has 1 aromatic rings. The first-order valence-corrected chi connectivity index (χ1v) is 5.65. The zero-order chi connectivity index (χ0) is 13.7. The van der Waals surface area contributed by atoms with E-state index in [1.54, 1.807) is 37.3 Å². The summed E-state index contributed by atoms with van der Waals surface area (Å²) in [5.41, 5.74) is 0.548. The number of nitro groups is 1. The molecule has 0 saturated heterocycles. The highest BCUT2D eigenvalue weighted by molar-refractivity contribution is 6.36. The van der Waals surface area contributed by atoms with E-state index in [1.807, 2.05) is 0 Å². The van der Waals surface area contributed by atoms with E-state index in [0.29, 0.717) is 5.56 Å². The van der Waals surface area contributed by atoms with Crippen molar-refractivity contribution in [2.75, 3.05) is 0 Å². The normalized spacial score (nSPS) is 13.7. The summed E-state index contributed by atoms with van der Waals surface area (Å²) >= 11 is 0. The minimum atomic E-state index is -0.963. The second-order valence-corrected chi connectivity index (χ2v) is 4.30. The van der Waals surface area contributed by atoms with Crippen LogP contribution in [0.25, 0.3) is 0 Å². The van der Waals surface area contributed by atoms with Crippen molar-refractivity contribution in [2.45, 2.75) is 26.3 Å². The summed E-state index contributed by atoms with van der Waals surface area (Å²) in [6.45, 7) is 2.79. The van der Waals surface area contributed by atoms with Crippen molar-refractivity contribution >= 4 is 11.6 Å². The Morgan fingerprint density at radius 1 is 1.28 bits per heavy atom. The van der Waals surface area contributed by atoms with Crippen molar-refractivity contribution in [3.05, 3.63) is 46.0 Å². The highest BCUT2D eigenvalue weighted by atomic mass is 16.6. The molecule has 0 spiro atoms. The molecule has 1 aromatic carbocycles. The fourth-order valence-electron chi connectivity index (χ4n) is 1.86. The van der Waals surface area contributed by atoms with Gasteiger partial charge in [0.15, 0.2) is 11.6 Å². The molecular formula is C13H15NO4. The van der Waals surface area contributed by atoms with Crippen LogP contribution >= 0.6 is 0 Å². The van der Waals surface area contributed by atoms with Crippen LogP contribution < -0.4 is 0 Å². The molecule has 0 bridgehead atoms. The summed E-state index contributed by atoms with van der Waals surface area (Å²) in [5, 5.41) is 11.1. The van der Waals surface area contributed by atoms with Crippen LogP contribution in [0.1, 0.15) is 31.9 Å². The van der Waals surface area contributed by atoms with Crippen LogP contribution in [-0.2, 0) is 9.59 Å². The van der Waals surface area contributed by atoms with E-state index < -0.39 is 28.4 Å². The zero-order valence-corrected chi connectivity index (χ0v) is 10.3. The second-order valence-electron chi connectivity index (χ2n) is 4.30. The fraction of sp³-hybridized carbons (Fsp3) is 0.385. The molecule has 0 saturated carbocycles. The first-order chi connectivity index (χ1) is 8.43. The molecule has 0 unspecified atom stereocenters. The standard InChI is InChI=1S/C13H15NO4/c1-9(8-12(16)10(2)15)13(14(17)18)11-6-4-3-5-7-11/h3-7,9,13H,8H2,1-2H3/t9-,13-/m0/s1. The lowest BCUT2D eigenvalue weighted by atomic mass is 9.90. The Hall–Kier alpha value is -2.04. The fourth-order valence-corrected chi connectivity index (χ4v) is 1.86. The molecule has 2 atom stereocenters. The maximum absolute atomic E-state index is 11.3. The smallest absolute Gasteiger partial charge is 0.241 e. The molecule has 96 valence electrons. The van der Waals surface area contributed by atoms with Gasteiger partial charge in [-0.25, -0.2) is 0 Å². The van der Waals surface area contributed by atoms with Crippen molar-refractivity contribution in [2.24, 2.45) is 5.92 Å². The summed E-state index contributed by atoms with van der Waals surface area (Å²) in [4.78, 5) is 32.9. The molecule has 0 heterocycles. The molecule has 0 aliphatic carbocycles. The summed E-state index contributed by atoms with van der Waals surface area (Å²) < 4.78 is 0. The van der Waals surface area contributed by atoms with Gasteiger partial charge in [-0.2, -0.15) is 0 Å². The molecule has 0 amide bonds. The largest absolute Gasteiger partial charge is 0.291 e. The molecule has 0 N–H and O–H groups in total. The van der Waals surface area contributed by atoms with Crippen LogP contribution in [-0.4, -0.2) is 16.5 Å². The summed E-state index contributed by atoms with van der Waals surface area (Å²) in [6, 6.07) is 7.54. The topological polar surface area (TPSA) is 77.3 Å². The third-order valence-electron chi connectivity index (χ3n) is 2.81. The lowest BCUT2D eigenvalue weighted by Gasteiger charge is -2.16. The van der Waals surface area contributed by atoms with Crippen LogP contribution in [0.5, 0.6) is 0 Å². The van der Waals surface area contributed by atoms with E-state index in [1.165, 1.54) is 6.92 Å². The quantitative estimate of drug-likeness (QED) is 0.440. The van der Waals surface area contributed by atoms with E-state index in [0.717, 1.165) is 0 Å². The number of carbonyl (C=O) groups excluding carboxylic acids is 2. The predicted octanol–water partition coefficient (Wildman–Crippen LogP) is 2.19. The van der Waals surface area contributed by atoms with Crippen LogP contribution in [0.15, 0.2) is 30.3 Å². The second kappa shape index (κ2) is 6.05. The van der Waals surface area contributed by atoms with Gasteiger partial charge in [0.05, 0.1) is 0 Å². The number of ketones is 2. The molecule has 0 fully saturated rings. The minimum absolute atomic E-state index is 0.101. The van der Waals surface area contributed by atoms with Gasteiger partial charge in [0.1, 0.15) is 0 Å². The number of hydrogen-bond acceptors (Lipinski definition) is 4. The van der Waals surface area contributed by atoms with Gasteiger partial charge >= 0.3 is 0 Å². The Bertz CT molecular complexity index is 455. The van der Waals surface area contributed by atoms with E-state index in [-0.39, 0.29) is 6.42 Å². The van der Waals surface area contributed by atoms with Crippen molar-refractivity contribution < 1.29 is 14.5 Å². The van der Waals surface area contributed by atoms with Crippen molar-refractivity contribution in [1.29, 1.82) is 0 Å². The summed E-state index contributed by atoms with van der Waals surface area (Å²) in [5.74, 6) is -1.64. The molecule has 0 aliphatic heterocycles.